The number of nitrogens with zero attached hydrogens (tertiary/aromatic N) is 3. The fraction of sp³-hybridized carbons (Fsp3) is 0.300. The third-order valence-electron chi connectivity index (χ3n) is 5.37. The fourth-order valence-electron chi connectivity index (χ4n) is 3.55. The first-order valence-electron chi connectivity index (χ1n) is 9.62. The van der Waals surface area contributed by atoms with Gasteiger partial charge in [0.05, 0.1) is 0 Å². The lowest BCUT2D eigenvalue weighted by Gasteiger charge is -2.18. The summed E-state index contributed by atoms with van der Waals surface area (Å²) in [6.45, 7) is 4.05. The molecule has 1 aliphatic carbocycles. The summed E-state index contributed by atoms with van der Waals surface area (Å²) in [5, 5.41) is 11.4. The molecule has 10 nitrogen and oxygen atoms in total. The minimum absolute atomic E-state index is 0.0814. The van der Waals surface area contributed by atoms with E-state index in [9.17, 15) is 9.59 Å². The van der Waals surface area contributed by atoms with Gasteiger partial charge in [0.15, 0.2) is 5.70 Å². The number of nitrogens with one attached hydrogen (secondary N) is 2. The molecule has 1 aliphatic rings. The molecule has 31 heavy (non-hydrogen) atoms. The standard InChI is InChI=1S/C20H24N8O2S/c1-10(2)14-7-20(14,18(22)30)27-19-24-8-13(16(21)29)17(26-19)25-12-5-3-11(4-6-12)15(9-31)28-23/h3-6,8-10,14,23,31H,7H2,1-2H3,(H2,21,29)(H2,22,30)(H2,24,25,26,27)/p+2/b15-9-,28-23?. The van der Waals surface area contributed by atoms with E-state index in [1.54, 1.807) is 29.7 Å². The zero-order valence-corrected chi connectivity index (χ0v) is 18.2. The summed E-state index contributed by atoms with van der Waals surface area (Å²) in [5.74, 6) is -0.416. The number of aromatic nitrogens is 2. The van der Waals surface area contributed by atoms with E-state index < -0.39 is 17.4 Å². The van der Waals surface area contributed by atoms with Gasteiger partial charge >= 0.3 is 0 Å². The average molecular weight is 443 g/mol. The average Bonchev–Trinajstić information content (AvgIpc) is 3.46. The van der Waals surface area contributed by atoms with E-state index in [2.05, 4.69) is 38.3 Å². The summed E-state index contributed by atoms with van der Waals surface area (Å²) in [5.41, 5.74) is 17.7. The van der Waals surface area contributed by atoms with Gasteiger partial charge in [-0.1, -0.05) is 26.0 Å². The summed E-state index contributed by atoms with van der Waals surface area (Å²) >= 11 is 3.26. The van der Waals surface area contributed by atoms with E-state index >= 15 is 0 Å². The molecule has 1 fully saturated rings. The third kappa shape index (κ3) is 4.50. The Morgan fingerprint density at radius 1 is 1.32 bits per heavy atom. The SMILES string of the molecule is CC(C)C1CC1(Nc1ncc(C(N)=O)c(Nc2ccc(/C(=C/[SH2+])N=[NH2+])cc2)n1)C(N)=O. The first-order valence-corrected chi connectivity index (χ1v) is 10.2. The Morgan fingerprint density at radius 3 is 2.48 bits per heavy atom. The summed E-state index contributed by atoms with van der Waals surface area (Å²) < 4.78 is 0. The molecule has 1 saturated carbocycles. The number of amides is 2. The Hall–Kier alpha value is -3.47. The van der Waals surface area contributed by atoms with Crippen molar-refractivity contribution < 1.29 is 15.1 Å². The molecule has 0 bridgehead atoms. The van der Waals surface area contributed by atoms with Crippen molar-refractivity contribution in [1.29, 1.82) is 0 Å². The molecule has 1 heterocycles. The van der Waals surface area contributed by atoms with E-state index in [0.717, 1.165) is 5.56 Å². The van der Waals surface area contributed by atoms with Crippen LogP contribution in [0, 0.1) is 11.8 Å². The second kappa shape index (κ2) is 8.72. The molecule has 1 aromatic heterocycles. The Labute approximate surface area is 184 Å². The van der Waals surface area contributed by atoms with Gasteiger partial charge in [-0.05, 0) is 48.1 Å². The largest absolute Gasteiger partial charge is 0.368 e. The summed E-state index contributed by atoms with van der Waals surface area (Å²) in [6.07, 6.45) is 1.91. The van der Waals surface area contributed by atoms with Crippen molar-refractivity contribution in [3.05, 3.63) is 47.0 Å². The molecule has 3 rings (SSSR count). The molecule has 0 saturated heterocycles. The number of carbonyl (C=O) groups excluding carboxylic acids is 2. The van der Waals surface area contributed by atoms with E-state index in [1.807, 2.05) is 13.8 Å². The first kappa shape index (κ1) is 22.2. The Bertz CT molecular complexity index is 1050. The van der Waals surface area contributed by atoms with Crippen LogP contribution in [0.25, 0.3) is 5.70 Å². The second-order valence-electron chi connectivity index (χ2n) is 7.70. The van der Waals surface area contributed by atoms with Crippen LogP contribution in [-0.2, 0) is 17.4 Å². The van der Waals surface area contributed by atoms with Gasteiger partial charge in [-0.3, -0.25) is 9.59 Å². The normalized spacial score (nSPS) is 20.3. The number of benzene rings is 1. The van der Waals surface area contributed by atoms with Crippen LogP contribution in [0.2, 0.25) is 0 Å². The van der Waals surface area contributed by atoms with Crippen LogP contribution in [0.5, 0.6) is 0 Å². The van der Waals surface area contributed by atoms with Crippen LogP contribution in [-0.4, -0.2) is 27.3 Å². The molecule has 162 valence electrons. The zero-order valence-electron chi connectivity index (χ0n) is 17.2. The number of anilines is 3. The molecule has 11 heteroatoms. The predicted molar refractivity (Wildman–Crippen MR) is 121 cm³/mol. The molecule has 0 radical (unpaired) electrons. The smallest absolute Gasteiger partial charge is 0.254 e. The van der Waals surface area contributed by atoms with Crippen LogP contribution in [0.15, 0.2) is 41.0 Å². The van der Waals surface area contributed by atoms with Crippen molar-refractivity contribution >= 4 is 47.6 Å². The van der Waals surface area contributed by atoms with Gasteiger partial charge in [-0.2, -0.15) is 10.5 Å². The predicted octanol–water partition coefficient (Wildman–Crippen LogP) is 0.152. The molecule has 0 spiro atoms. The number of rotatable bonds is 9. The maximum Gasteiger partial charge on any atom is 0.254 e. The van der Waals surface area contributed by atoms with Gasteiger partial charge in [0.1, 0.15) is 22.3 Å². The van der Waals surface area contributed by atoms with Crippen molar-refractivity contribution in [2.45, 2.75) is 25.8 Å². The van der Waals surface area contributed by atoms with Crippen molar-refractivity contribution in [2.24, 2.45) is 28.4 Å². The number of carbonyl (C=O) groups is 2. The number of hydrogen-bond donors (Lipinski definition) is 5. The highest BCUT2D eigenvalue weighted by Gasteiger charge is 2.60. The lowest BCUT2D eigenvalue weighted by molar-refractivity contribution is -0.209. The maximum atomic E-state index is 12.1. The van der Waals surface area contributed by atoms with E-state index in [0.29, 0.717) is 17.8 Å². The summed E-state index contributed by atoms with van der Waals surface area (Å²) in [7, 11) is 0. The number of hydrogen-bond acceptors (Lipinski definition) is 7. The summed E-state index contributed by atoms with van der Waals surface area (Å²) in [4.78, 5) is 32.5. The molecule has 2 atom stereocenters. The van der Waals surface area contributed by atoms with E-state index in [4.69, 9.17) is 17.0 Å². The Kier molecular flexibility index (Phi) is 6.25. The van der Waals surface area contributed by atoms with Gasteiger partial charge in [0.2, 0.25) is 11.9 Å². The Morgan fingerprint density at radius 2 is 2.00 bits per heavy atom. The van der Waals surface area contributed by atoms with Crippen molar-refractivity contribution in [2.75, 3.05) is 10.6 Å². The highest BCUT2D eigenvalue weighted by Crippen LogP contribution is 2.50. The van der Waals surface area contributed by atoms with Gasteiger partial charge < -0.3 is 22.1 Å². The molecular formula is C20H26N8O2S+2. The van der Waals surface area contributed by atoms with Gasteiger partial charge in [0.25, 0.3) is 5.91 Å². The highest BCUT2D eigenvalue weighted by molar-refractivity contribution is 7.62. The quantitative estimate of drug-likeness (QED) is 0.273. The first-order chi connectivity index (χ1) is 14.7. The molecule has 0 aliphatic heterocycles. The topological polar surface area (TPSA) is 174 Å². The fourth-order valence-corrected chi connectivity index (χ4v) is 3.80. The van der Waals surface area contributed by atoms with E-state index in [1.165, 1.54) is 6.20 Å². The molecule has 1 aromatic carbocycles. The second-order valence-corrected chi connectivity index (χ2v) is 7.99. The molecular weight excluding hydrogens is 416 g/mol. The maximum absolute atomic E-state index is 12.1. The molecule has 2 amide bonds. The van der Waals surface area contributed by atoms with Crippen LogP contribution < -0.4 is 27.6 Å². The van der Waals surface area contributed by atoms with Gasteiger partial charge in [0, 0.05) is 17.4 Å². The molecule has 2 unspecified atom stereocenters. The van der Waals surface area contributed by atoms with Crippen LogP contribution >= 0.6 is 0 Å². The van der Waals surface area contributed by atoms with E-state index in [-0.39, 0.29) is 29.2 Å². The van der Waals surface area contributed by atoms with Crippen LogP contribution in [0.3, 0.4) is 0 Å². The highest BCUT2D eigenvalue weighted by atomic mass is 32.1. The zero-order chi connectivity index (χ0) is 22.8. The minimum atomic E-state index is -0.898. The Balaban J connectivity index is 1.88. The number of primary amides is 2. The third-order valence-corrected chi connectivity index (χ3v) is 5.64. The lowest BCUT2D eigenvalue weighted by atomic mass is 10.0. The van der Waals surface area contributed by atoms with Crippen molar-refractivity contribution in [3.8, 4) is 0 Å². The van der Waals surface area contributed by atoms with Gasteiger partial charge in [-0.15, -0.1) is 0 Å². The summed E-state index contributed by atoms with van der Waals surface area (Å²) in [6, 6.07) is 7.15. The molecule has 8 N–H and O–H groups in total. The van der Waals surface area contributed by atoms with Crippen LogP contribution in [0.4, 0.5) is 17.5 Å². The lowest BCUT2D eigenvalue weighted by Crippen LogP contribution is -2.41. The minimum Gasteiger partial charge on any atom is -0.368 e. The van der Waals surface area contributed by atoms with Crippen molar-refractivity contribution in [1.82, 2.24) is 9.97 Å². The van der Waals surface area contributed by atoms with Crippen molar-refractivity contribution in [3.63, 3.8) is 0 Å². The molecule has 2 aromatic rings. The van der Waals surface area contributed by atoms with Crippen LogP contribution in [0.1, 0.15) is 36.2 Å². The van der Waals surface area contributed by atoms with Gasteiger partial charge in [-0.25, -0.2) is 4.98 Å². The number of nitrogens with two attached hydrogens (primary N) is 3. The monoisotopic (exact) mass is 442 g/mol.